The van der Waals surface area contributed by atoms with Gasteiger partial charge in [-0.25, -0.2) is 4.79 Å². The van der Waals surface area contributed by atoms with Crippen molar-refractivity contribution in [2.45, 2.75) is 160 Å². The molecular formula is C30H61O6PS. The van der Waals surface area contributed by atoms with Crippen molar-refractivity contribution >= 4 is 26.2 Å². The SMILES string of the molecule is CCCCCCCCCCCCSC(CCCCCCCC)C(C)OCCCOC(O)([PH2]=O)C(=O)OCC. The molecule has 0 fully saturated rings. The van der Waals surface area contributed by atoms with Crippen LogP contribution in [0.3, 0.4) is 0 Å². The van der Waals surface area contributed by atoms with Gasteiger partial charge in [-0.15, -0.1) is 0 Å². The quantitative estimate of drug-likeness (QED) is 0.0411. The molecule has 0 saturated carbocycles. The van der Waals surface area contributed by atoms with Gasteiger partial charge in [0.1, 0.15) is 8.46 Å². The smallest absolute Gasteiger partial charge is 0.374 e. The summed E-state index contributed by atoms with van der Waals surface area (Å²) < 4.78 is 27.4. The summed E-state index contributed by atoms with van der Waals surface area (Å²) >= 11 is 2.06. The third-order valence-electron chi connectivity index (χ3n) is 6.91. The van der Waals surface area contributed by atoms with Crippen molar-refractivity contribution < 1.29 is 28.7 Å². The van der Waals surface area contributed by atoms with E-state index >= 15 is 0 Å². The van der Waals surface area contributed by atoms with Crippen LogP contribution in [0.2, 0.25) is 0 Å². The minimum Gasteiger partial charge on any atom is -0.462 e. The first kappa shape index (κ1) is 37.9. The van der Waals surface area contributed by atoms with E-state index in [1.807, 2.05) is 0 Å². The molecule has 4 unspecified atom stereocenters. The van der Waals surface area contributed by atoms with Gasteiger partial charge in [0.2, 0.25) is 0 Å². The highest BCUT2D eigenvalue weighted by Crippen LogP contribution is 2.26. The first-order chi connectivity index (χ1) is 18.4. The number of thioether (sulfide) groups is 1. The average Bonchev–Trinajstić information content (AvgIpc) is 2.92. The lowest BCUT2D eigenvalue weighted by Gasteiger charge is -2.25. The summed E-state index contributed by atoms with van der Waals surface area (Å²) in [5.74, 6) is 0.203. The fraction of sp³-hybridized carbons (Fsp3) is 0.967. The molecule has 0 saturated heterocycles. The van der Waals surface area contributed by atoms with E-state index in [-0.39, 0.29) is 19.3 Å². The topological polar surface area (TPSA) is 82.1 Å². The monoisotopic (exact) mass is 580 g/mol. The molecule has 0 aromatic heterocycles. The van der Waals surface area contributed by atoms with E-state index in [0.29, 0.717) is 18.3 Å². The lowest BCUT2D eigenvalue weighted by molar-refractivity contribution is -0.196. The number of carbonyl (C=O) groups is 1. The lowest BCUT2D eigenvalue weighted by atomic mass is 10.1. The molecule has 6 nitrogen and oxygen atoms in total. The maximum atomic E-state index is 11.8. The lowest BCUT2D eigenvalue weighted by Crippen LogP contribution is -2.38. The van der Waals surface area contributed by atoms with Gasteiger partial charge in [-0.1, -0.05) is 110 Å². The van der Waals surface area contributed by atoms with E-state index in [1.165, 1.54) is 115 Å². The van der Waals surface area contributed by atoms with Crippen LogP contribution in [0.5, 0.6) is 0 Å². The van der Waals surface area contributed by atoms with Gasteiger partial charge in [0.25, 0.3) is 0 Å². The van der Waals surface area contributed by atoms with Crippen LogP contribution in [-0.4, -0.2) is 53.5 Å². The molecule has 1 N–H and O–H groups in total. The second kappa shape index (κ2) is 27.1. The van der Waals surface area contributed by atoms with Crippen molar-refractivity contribution in [3.8, 4) is 0 Å². The van der Waals surface area contributed by atoms with E-state index in [4.69, 9.17) is 14.2 Å². The zero-order valence-electron chi connectivity index (χ0n) is 25.2. The highest BCUT2D eigenvalue weighted by atomic mass is 32.2. The van der Waals surface area contributed by atoms with Gasteiger partial charge in [-0.3, -0.25) is 0 Å². The Kier molecular flexibility index (Phi) is 27.1. The van der Waals surface area contributed by atoms with Gasteiger partial charge in [0.15, 0.2) is 0 Å². The Bertz CT molecular complexity index is 553. The summed E-state index contributed by atoms with van der Waals surface area (Å²) in [5.41, 5.74) is -2.33. The fourth-order valence-electron chi connectivity index (χ4n) is 4.44. The molecule has 0 rings (SSSR count). The highest BCUT2D eigenvalue weighted by molar-refractivity contribution is 7.99. The highest BCUT2D eigenvalue weighted by Gasteiger charge is 2.38. The van der Waals surface area contributed by atoms with Crippen LogP contribution >= 0.6 is 20.2 Å². The Morgan fingerprint density at radius 1 is 0.789 bits per heavy atom. The van der Waals surface area contributed by atoms with Crippen LogP contribution in [0.15, 0.2) is 0 Å². The molecule has 0 aliphatic rings. The molecule has 0 bridgehead atoms. The predicted octanol–water partition coefficient (Wildman–Crippen LogP) is 8.54. The van der Waals surface area contributed by atoms with Gasteiger partial charge < -0.3 is 23.9 Å². The van der Waals surface area contributed by atoms with E-state index in [2.05, 4.69) is 32.5 Å². The Hall–Kier alpha value is -0.0700. The van der Waals surface area contributed by atoms with Crippen LogP contribution in [0.4, 0.5) is 0 Å². The molecule has 0 heterocycles. The molecule has 0 amide bonds. The first-order valence-corrected chi connectivity index (χ1v) is 17.8. The van der Waals surface area contributed by atoms with E-state index in [1.54, 1.807) is 6.92 Å². The second-order valence-electron chi connectivity index (χ2n) is 10.5. The zero-order valence-corrected chi connectivity index (χ0v) is 27.2. The number of carbonyl (C=O) groups excluding carboxylic acids is 1. The molecule has 0 aliphatic heterocycles. The van der Waals surface area contributed by atoms with Crippen molar-refractivity contribution in [2.24, 2.45) is 0 Å². The minimum atomic E-state index is -2.33. The molecule has 0 radical (unpaired) electrons. The summed E-state index contributed by atoms with van der Waals surface area (Å²) in [7, 11) is -1.86. The van der Waals surface area contributed by atoms with Crippen LogP contribution in [-0.2, 0) is 23.6 Å². The third-order valence-corrected chi connectivity index (χ3v) is 9.21. The molecule has 38 heavy (non-hydrogen) atoms. The van der Waals surface area contributed by atoms with Crippen LogP contribution in [0.1, 0.15) is 143 Å². The number of hydrogen-bond acceptors (Lipinski definition) is 7. The predicted molar refractivity (Wildman–Crippen MR) is 164 cm³/mol. The Morgan fingerprint density at radius 2 is 1.32 bits per heavy atom. The largest absolute Gasteiger partial charge is 0.462 e. The number of ether oxygens (including phenoxy) is 3. The van der Waals surface area contributed by atoms with E-state index < -0.39 is 20.0 Å². The van der Waals surface area contributed by atoms with Gasteiger partial charge in [-0.05, 0) is 38.9 Å². The fourth-order valence-corrected chi connectivity index (χ4v) is 6.16. The molecule has 228 valence electrons. The number of esters is 1. The number of aliphatic hydroxyl groups is 1. The molecule has 0 aliphatic carbocycles. The number of unbranched alkanes of at least 4 members (excludes halogenated alkanes) is 14. The van der Waals surface area contributed by atoms with Crippen molar-refractivity contribution in [3.05, 3.63) is 0 Å². The van der Waals surface area contributed by atoms with Crippen molar-refractivity contribution in [1.29, 1.82) is 0 Å². The summed E-state index contributed by atoms with van der Waals surface area (Å²) in [6.07, 6.45) is 23.2. The average molecular weight is 581 g/mol. The van der Waals surface area contributed by atoms with Crippen LogP contribution in [0, 0.1) is 0 Å². The molecule has 0 aromatic carbocycles. The Balaban J connectivity index is 4.30. The van der Waals surface area contributed by atoms with E-state index in [0.717, 1.165) is 0 Å². The summed E-state index contributed by atoms with van der Waals surface area (Å²) in [5, 5.41) is 10.6. The van der Waals surface area contributed by atoms with Gasteiger partial charge in [0.05, 0.1) is 19.3 Å². The van der Waals surface area contributed by atoms with Crippen molar-refractivity contribution in [1.82, 2.24) is 0 Å². The number of hydrogen-bond donors (Lipinski definition) is 1. The molecule has 8 heteroatoms. The van der Waals surface area contributed by atoms with Gasteiger partial charge in [0, 0.05) is 11.9 Å². The summed E-state index contributed by atoms with van der Waals surface area (Å²) in [6, 6.07) is 0. The van der Waals surface area contributed by atoms with Crippen LogP contribution in [0.25, 0.3) is 0 Å². The van der Waals surface area contributed by atoms with E-state index in [9.17, 15) is 14.5 Å². The molecule has 0 spiro atoms. The number of rotatable bonds is 29. The summed E-state index contributed by atoms with van der Waals surface area (Å²) in [6.45, 7) is 8.97. The molecule has 4 atom stereocenters. The zero-order chi connectivity index (χ0) is 28.3. The van der Waals surface area contributed by atoms with Crippen LogP contribution < -0.4 is 0 Å². The third kappa shape index (κ3) is 20.8. The molecular weight excluding hydrogens is 519 g/mol. The standard InChI is InChI=1S/C30H61O6PS/c1-5-8-10-12-14-15-16-17-19-21-26-38-28(23-20-18-13-11-9-6-2)27(4)35-24-22-25-36-30(32,37-33)29(31)34-7-3/h27-28,32H,5-26,37H2,1-4H3. The van der Waals surface area contributed by atoms with Crippen molar-refractivity contribution in [3.63, 3.8) is 0 Å². The van der Waals surface area contributed by atoms with Gasteiger partial charge in [-0.2, -0.15) is 11.8 Å². The molecule has 0 aromatic rings. The first-order valence-electron chi connectivity index (χ1n) is 15.7. The summed E-state index contributed by atoms with van der Waals surface area (Å²) in [4.78, 5) is 11.8. The maximum Gasteiger partial charge on any atom is 0.374 e. The second-order valence-corrected chi connectivity index (χ2v) is 12.8. The normalized spacial score (nSPS) is 15.1. The Labute approximate surface area is 240 Å². The maximum absolute atomic E-state index is 11.8. The minimum absolute atomic E-state index is 0.0884. The Morgan fingerprint density at radius 3 is 1.84 bits per heavy atom. The van der Waals surface area contributed by atoms with Crippen molar-refractivity contribution in [2.75, 3.05) is 25.6 Å². The van der Waals surface area contributed by atoms with Gasteiger partial charge >= 0.3 is 11.5 Å².